The lowest BCUT2D eigenvalue weighted by Gasteiger charge is -2.07. The van der Waals surface area contributed by atoms with Crippen molar-refractivity contribution in [2.24, 2.45) is 0 Å². The first-order chi connectivity index (χ1) is 24.2. The van der Waals surface area contributed by atoms with Gasteiger partial charge < -0.3 is 9.47 Å². The molecular formula is C46H65IO2. The Bertz CT molecular complexity index is 1190. The van der Waals surface area contributed by atoms with Crippen molar-refractivity contribution in [3.05, 3.63) is 92.6 Å². The lowest BCUT2D eigenvalue weighted by molar-refractivity contribution is 0.304. The highest BCUT2D eigenvalue weighted by Gasteiger charge is 2.00. The molecule has 0 spiro atoms. The van der Waals surface area contributed by atoms with Gasteiger partial charge in [0, 0.05) is 3.57 Å². The fourth-order valence-corrected chi connectivity index (χ4v) is 6.84. The number of rotatable bonds is 28. The van der Waals surface area contributed by atoms with Crippen LogP contribution in [0.3, 0.4) is 0 Å². The van der Waals surface area contributed by atoms with Gasteiger partial charge in [0.1, 0.15) is 11.5 Å². The van der Waals surface area contributed by atoms with Gasteiger partial charge in [-0.3, -0.25) is 0 Å². The molecule has 0 unspecified atom stereocenters. The van der Waals surface area contributed by atoms with Crippen molar-refractivity contribution in [1.82, 2.24) is 0 Å². The molecule has 3 heteroatoms. The predicted molar refractivity (Wildman–Crippen MR) is 225 cm³/mol. The summed E-state index contributed by atoms with van der Waals surface area (Å²) in [6.45, 7) is 6.18. The van der Waals surface area contributed by atoms with Crippen LogP contribution < -0.4 is 9.47 Å². The Morgan fingerprint density at radius 2 is 0.694 bits per heavy atom. The summed E-state index contributed by atoms with van der Waals surface area (Å²) in [5, 5.41) is 0. The topological polar surface area (TPSA) is 18.5 Å². The van der Waals surface area contributed by atoms with Crippen LogP contribution >= 0.6 is 22.6 Å². The van der Waals surface area contributed by atoms with E-state index in [1.807, 2.05) is 0 Å². The van der Waals surface area contributed by atoms with Crippen LogP contribution in [-0.4, -0.2) is 13.2 Å². The normalized spacial score (nSPS) is 11.6. The Hall–Kier alpha value is -2.53. The summed E-state index contributed by atoms with van der Waals surface area (Å²) in [7, 11) is 0. The molecule has 3 aromatic rings. The number of hydrogen-bond donors (Lipinski definition) is 0. The molecule has 2 nitrogen and oxygen atoms in total. The Morgan fingerprint density at radius 1 is 0.388 bits per heavy atom. The van der Waals surface area contributed by atoms with Crippen molar-refractivity contribution in [2.45, 2.75) is 142 Å². The average molecular weight is 777 g/mol. The standard InChI is InChI=1S/C46H65IO2/c1-3-5-7-9-11-13-15-17-19-21-35-48-45-31-27-40(28-32-45)23-25-42-37-43(39-44(47)38-42)26-24-41-29-33-46(34-30-41)49-36-22-20-18-16-14-12-10-8-6-4-2/h23-34,37-39H,3-22,35-36H2,1-2H3/b25-23+,26-24+. The third-order valence-corrected chi connectivity index (χ3v) is 9.80. The SMILES string of the molecule is CCCCCCCCCCCCOc1ccc(/C=C/c2cc(I)cc(/C=C/c3ccc(OCCCCCCCCCCCC)cc3)c2)cc1. The van der Waals surface area contributed by atoms with E-state index in [1.54, 1.807) is 0 Å². The fourth-order valence-electron chi connectivity index (χ4n) is 6.12. The van der Waals surface area contributed by atoms with Crippen LogP contribution in [0.5, 0.6) is 11.5 Å². The molecule has 0 N–H and O–H groups in total. The molecule has 0 saturated heterocycles. The zero-order valence-electron chi connectivity index (χ0n) is 30.9. The molecule has 3 aromatic carbocycles. The molecule has 3 rings (SSSR count). The maximum atomic E-state index is 6.01. The van der Waals surface area contributed by atoms with Crippen LogP contribution in [0, 0.1) is 3.57 Å². The molecule has 49 heavy (non-hydrogen) atoms. The summed E-state index contributed by atoms with van der Waals surface area (Å²) < 4.78 is 13.2. The van der Waals surface area contributed by atoms with E-state index in [0.29, 0.717) is 0 Å². The van der Waals surface area contributed by atoms with Gasteiger partial charge in [-0.2, -0.15) is 0 Å². The molecule has 0 atom stereocenters. The van der Waals surface area contributed by atoms with E-state index in [2.05, 4.69) is 127 Å². The monoisotopic (exact) mass is 776 g/mol. The van der Waals surface area contributed by atoms with Gasteiger partial charge >= 0.3 is 0 Å². The molecular weight excluding hydrogens is 711 g/mol. The third-order valence-electron chi connectivity index (χ3n) is 9.17. The second-order valence-corrected chi connectivity index (χ2v) is 14.9. The molecule has 0 aliphatic carbocycles. The van der Waals surface area contributed by atoms with Crippen molar-refractivity contribution < 1.29 is 9.47 Å². The fraction of sp³-hybridized carbons (Fsp3) is 0.522. The summed E-state index contributed by atoms with van der Waals surface area (Å²) in [4.78, 5) is 0. The lowest BCUT2D eigenvalue weighted by Crippen LogP contribution is -1.97. The van der Waals surface area contributed by atoms with Crippen LogP contribution in [-0.2, 0) is 0 Å². The summed E-state index contributed by atoms with van der Waals surface area (Å²) in [5.74, 6) is 1.92. The third kappa shape index (κ3) is 20.0. The molecule has 0 bridgehead atoms. The van der Waals surface area contributed by atoms with Crippen LogP contribution in [0.1, 0.15) is 165 Å². The van der Waals surface area contributed by atoms with Gasteiger partial charge in [0.25, 0.3) is 0 Å². The molecule has 0 amide bonds. The molecule has 0 radical (unpaired) electrons. The number of ether oxygens (including phenoxy) is 2. The molecule has 0 saturated carbocycles. The van der Waals surface area contributed by atoms with Crippen molar-refractivity contribution >= 4 is 46.9 Å². The zero-order valence-corrected chi connectivity index (χ0v) is 33.1. The van der Waals surface area contributed by atoms with Gasteiger partial charge in [-0.15, -0.1) is 0 Å². The Balaban J connectivity index is 1.32. The Kier molecular flexibility index (Phi) is 22.7. The highest BCUT2D eigenvalue weighted by atomic mass is 127. The van der Waals surface area contributed by atoms with Gasteiger partial charge in [-0.05, 0) is 100 Å². The van der Waals surface area contributed by atoms with Gasteiger partial charge in [0.15, 0.2) is 0 Å². The molecule has 268 valence electrons. The van der Waals surface area contributed by atoms with Crippen LogP contribution in [0.4, 0.5) is 0 Å². The quantitative estimate of drug-likeness (QED) is 0.0415. The molecule has 0 fully saturated rings. The van der Waals surface area contributed by atoms with E-state index in [-0.39, 0.29) is 0 Å². The van der Waals surface area contributed by atoms with E-state index in [4.69, 9.17) is 9.47 Å². The number of halogens is 1. The first kappa shape index (κ1) is 40.9. The largest absolute Gasteiger partial charge is 0.494 e. The Morgan fingerprint density at radius 3 is 1.04 bits per heavy atom. The maximum absolute atomic E-state index is 6.01. The van der Waals surface area contributed by atoms with E-state index in [0.717, 1.165) is 37.6 Å². The minimum atomic E-state index is 0.807. The average Bonchev–Trinajstić information content (AvgIpc) is 3.12. The van der Waals surface area contributed by atoms with Crippen molar-refractivity contribution in [3.8, 4) is 11.5 Å². The first-order valence-electron chi connectivity index (χ1n) is 19.8. The van der Waals surface area contributed by atoms with Gasteiger partial charge in [-0.25, -0.2) is 0 Å². The molecule has 0 aromatic heterocycles. The van der Waals surface area contributed by atoms with Gasteiger partial charge in [-0.1, -0.05) is 178 Å². The molecule has 0 aliphatic rings. The van der Waals surface area contributed by atoms with E-state index in [9.17, 15) is 0 Å². The highest BCUT2D eigenvalue weighted by Crippen LogP contribution is 2.21. The summed E-state index contributed by atoms with van der Waals surface area (Å²) >= 11 is 2.41. The maximum Gasteiger partial charge on any atom is 0.119 e. The lowest BCUT2D eigenvalue weighted by atomic mass is 10.1. The number of hydrogen-bond acceptors (Lipinski definition) is 2. The van der Waals surface area contributed by atoms with Crippen molar-refractivity contribution in [3.63, 3.8) is 0 Å². The Labute approximate surface area is 314 Å². The number of benzene rings is 3. The van der Waals surface area contributed by atoms with Crippen molar-refractivity contribution in [1.29, 1.82) is 0 Å². The number of unbranched alkanes of at least 4 members (excludes halogenated alkanes) is 18. The van der Waals surface area contributed by atoms with E-state index < -0.39 is 0 Å². The van der Waals surface area contributed by atoms with Crippen molar-refractivity contribution in [2.75, 3.05) is 13.2 Å². The van der Waals surface area contributed by atoms with E-state index >= 15 is 0 Å². The summed E-state index contributed by atoms with van der Waals surface area (Å²) in [6.07, 6.45) is 35.7. The minimum absolute atomic E-state index is 0.807. The summed E-state index contributed by atoms with van der Waals surface area (Å²) in [5.41, 5.74) is 4.75. The second kappa shape index (κ2) is 27.2. The minimum Gasteiger partial charge on any atom is -0.494 e. The van der Waals surface area contributed by atoms with Crippen LogP contribution in [0.2, 0.25) is 0 Å². The smallest absolute Gasteiger partial charge is 0.119 e. The zero-order chi connectivity index (χ0) is 34.6. The highest BCUT2D eigenvalue weighted by molar-refractivity contribution is 14.1. The van der Waals surface area contributed by atoms with E-state index in [1.165, 1.54) is 141 Å². The first-order valence-corrected chi connectivity index (χ1v) is 20.9. The molecule has 0 heterocycles. The second-order valence-electron chi connectivity index (χ2n) is 13.7. The van der Waals surface area contributed by atoms with Crippen LogP contribution in [0.15, 0.2) is 66.7 Å². The van der Waals surface area contributed by atoms with Crippen LogP contribution in [0.25, 0.3) is 24.3 Å². The van der Waals surface area contributed by atoms with Gasteiger partial charge in [0.2, 0.25) is 0 Å². The van der Waals surface area contributed by atoms with Gasteiger partial charge in [0.05, 0.1) is 13.2 Å². The summed E-state index contributed by atoms with van der Waals surface area (Å²) in [6, 6.07) is 23.6. The molecule has 0 aliphatic heterocycles. The predicted octanol–water partition coefficient (Wildman–Crippen LogP) is 15.2.